The predicted molar refractivity (Wildman–Crippen MR) is 296 cm³/mol. The van der Waals surface area contributed by atoms with Crippen molar-refractivity contribution in [2.75, 3.05) is 28.4 Å². The third-order valence-corrected chi connectivity index (χ3v) is 21.3. The maximum atomic E-state index is 13.7. The zero-order valence-electron chi connectivity index (χ0n) is 50.9. The molecule has 0 spiro atoms. The minimum absolute atomic E-state index is 0.0612. The van der Waals surface area contributed by atoms with E-state index in [1.807, 2.05) is 33.8 Å². The molecule has 0 aromatic heterocycles. The largest absolute Gasteiger partial charge is 0.458 e. The van der Waals surface area contributed by atoms with Crippen molar-refractivity contribution in [2.45, 2.75) is 284 Å². The summed E-state index contributed by atoms with van der Waals surface area (Å²) in [5.74, 6) is -1.80. The van der Waals surface area contributed by atoms with Gasteiger partial charge in [0.15, 0.2) is 37.2 Å². The second-order valence-corrected chi connectivity index (χ2v) is 25.9. The van der Waals surface area contributed by atoms with Crippen molar-refractivity contribution in [3.8, 4) is 0 Å². The smallest absolute Gasteiger partial charge is 0.338 e. The molecule has 3 saturated carbocycles. The van der Waals surface area contributed by atoms with Crippen LogP contribution in [0.4, 0.5) is 0 Å². The van der Waals surface area contributed by atoms with E-state index < -0.39 is 168 Å². The number of hydrogen-bond donors (Lipinski definition) is 5. The first-order valence-electron chi connectivity index (χ1n) is 30.5. The van der Waals surface area contributed by atoms with Gasteiger partial charge in [0.05, 0.1) is 78.1 Å². The first-order valence-corrected chi connectivity index (χ1v) is 30.5. The lowest BCUT2D eigenvalue weighted by molar-refractivity contribution is -0.351. The number of rotatable bonds is 17. The van der Waals surface area contributed by atoms with E-state index in [4.69, 9.17) is 71.1 Å². The number of carbonyl (C=O) groups excluding carboxylic acids is 2. The van der Waals surface area contributed by atoms with Crippen LogP contribution in [-0.4, -0.2) is 218 Å². The number of fused-ring (bicyclic) bond motifs is 5. The summed E-state index contributed by atoms with van der Waals surface area (Å²) < 4.78 is 94.2. The third kappa shape index (κ3) is 11.5. The standard InChI is InChI=1S/C62H94O22/c1-31-52(65)41(70-9)26-48(74-31)82-54-34(4)77-50(28-43(54)72-11)84-56-35(5)78-51(29-44(56)73-12)83-55-33(3)76-49(27-42(55)71-10)81-53-32(2)75-47(25-40(53)64)79-39-19-20-58(7)38(24-39)18-21-61(68)45(58)30-46(80-57(66)37-16-14-13-15-17-37)59(8)60(67,36(6)63)22-23-62(59,61)69/h13-18,31-35,39-56,64-65,67-69H,19-30H2,1-12H3/t31-,32-,33-,34-,35-,39+,40+,41-,42+,43-,44-,45-,46-,47+,48+,49+,50+,51+,52-,53-,54-,55-,56-,58+,59-,60-,61+,62-/m1/s1. The Hall–Kier alpha value is -2.66. The molecule has 22 heteroatoms. The molecule has 0 radical (unpaired) electrons. The van der Waals surface area contributed by atoms with Gasteiger partial charge in [-0.15, -0.1) is 0 Å². The second kappa shape index (κ2) is 25.3. The van der Waals surface area contributed by atoms with Crippen LogP contribution in [0.2, 0.25) is 0 Å². The molecule has 84 heavy (non-hydrogen) atoms. The average Bonchev–Trinajstić information content (AvgIpc) is 1.40. The van der Waals surface area contributed by atoms with Gasteiger partial charge in [-0.1, -0.05) is 36.8 Å². The van der Waals surface area contributed by atoms with Crippen molar-refractivity contribution in [1.82, 2.24) is 0 Å². The zero-order chi connectivity index (χ0) is 60.4. The Morgan fingerprint density at radius 1 is 0.571 bits per heavy atom. The van der Waals surface area contributed by atoms with Crippen molar-refractivity contribution >= 4 is 11.8 Å². The zero-order valence-corrected chi connectivity index (χ0v) is 50.9. The number of methoxy groups -OCH3 is 4. The summed E-state index contributed by atoms with van der Waals surface area (Å²) in [5, 5.41) is 60.2. The number of hydrogen-bond acceptors (Lipinski definition) is 22. The lowest BCUT2D eigenvalue weighted by atomic mass is 9.42. The third-order valence-electron chi connectivity index (χ3n) is 21.3. The molecule has 5 heterocycles. The summed E-state index contributed by atoms with van der Waals surface area (Å²) in [6.07, 6.45) is -7.95. The van der Waals surface area contributed by atoms with Gasteiger partial charge in [-0.25, -0.2) is 4.79 Å². The summed E-state index contributed by atoms with van der Waals surface area (Å²) in [6, 6.07) is 8.48. The lowest BCUT2D eigenvalue weighted by Crippen LogP contribution is -2.78. The molecule has 22 nitrogen and oxygen atoms in total. The Morgan fingerprint density at radius 3 is 1.52 bits per heavy atom. The van der Waals surface area contributed by atoms with Crippen LogP contribution in [0, 0.1) is 16.7 Å². The molecule has 1 aromatic rings. The molecule has 28 atom stereocenters. The van der Waals surface area contributed by atoms with E-state index in [0.29, 0.717) is 50.5 Å². The molecule has 0 bridgehead atoms. The molecule has 474 valence electrons. The number of benzene rings is 1. The topological polar surface area (TPSA) is 274 Å². The normalized spacial score (nSPS) is 49.6. The van der Waals surface area contributed by atoms with Gasteiger partial charge in [0.25, 0.3) is 0 Å². The van der Waals surface area contributed by atoms with Gasteiger partial charge < -0.3 is 96.6 Å². The molecular weight excluding hydrogens is 1100 g/mol. The molecule has 0 unspecified atom stereocenters. The fraction of sp³-hybridized carbons (Fsp3) is 0.839. The number of aliphatic hydroxyl groups is 5. The number of ether oxygens (including phenoxy) is 15. The molecule has 1 aromatic carbocycles. The Kier molecular flexibility index (Phi) is 19.4. The molecule has 8 fully saturated rings. The number of aliphatic hydroxyl groups excluding tert-OH is 2. The monoisotopic (exact) mass is 1190 g/mol. The van der Waals surface area contributed by atoms with Gasteiger partial charge >= 0.3 is 5.97 Å². The highest BCUT2D eigenvalue weighted by Gasteiger charge is 2.81. The second-order valence-electron chi connectivity index (χ2n) is 25.9. The molecule has 4 aliphatic carbocycles. The van der Waals surface area contributed by atoms with Crippen LogP contribution in [0.25, 0.3) is 0 Å². The van der Waals surface area contributed by atoms with E-state index in [1.165, 1.54) is 6.92 Å². The van der Waals surface area contributed by atoms with Crippen LogP contribution in [0.3, 0.4) is 0 Å². The van der Waals surface area contributed by atoms with Gasteiger partial charge in [-0.05, 0) is 111 Å². The molecular formula is C62H94O22. The van der Waals surface area contributed by atoms with Gasteiger partial charge in [0.2, 0.25) is 0 Å². The fourth-order valence-electron chi connectivity index (χ4n) is 16.3. The Balaban J connectivity index is 0.714. The SMILES string of the molecule is CO[C@H]1C[C@H](O[C@H]2[C@@H](O)C[C@H](O[C@H]3CC[C@@]4(C)C(=CC[C@]5(O)[C@@H]4C[C@@H](OC(=O)c4ccccc4)[C@@]4(C)[C@]5(O)CC[C@@]4(O)C(C)=O)C3)O[C@@H]2C)O[C@H](C)[C@H]1O[C@H]1C[C@@H](OC)[C@H](O[C@H]2C[C@@H](OC)[C@H](O[C@H]3C[C@@H](OC)[C@H](O)[C@@H](C)O3)[C@@H](C)O2)[C@@H](C)O1. The van der Waals surface area contributed by atoms with Crippen molar-refractivity contribution in [3.05, 3.63) is 47.5 Å². The Labute approximate surface area is 493 Å². The van der Waals surface area contributed by atoms with E-state index in [2.05, 4.69) is 6.92 Å². The van der Waals surface area contributed by atoms with Crippen molar-refractivity contribution in [3.63, 3.8) is 0 Å². The number of ketones is 1. The molecule has 5 N–H and O–H groups in total. The van der Waals surface area contributed by atoms with Crippen molar-refractivity contribution in [2.24, 2.45) is 16.7 Å². The van der Waals surface area contributed by atoms with Crippen LogP contribution in [-0.2, 0) is 75.8 Å². The van der Waals surface area contributed by atoms with Crippen LogP contribution in [0.5, 0.6) is 0 Å². The van der Waals surface area contributed by atoms with E-state index in [9.17, 15) is 35.1 Å². The number of carbonyl (C=O) groups is 2. The minimum Gasteiger partial charge on any atom is -0.458 e. The molecule has 9 aliphatic rings. The van der Waals surface area contributed by atoms with Crippen LogP contribution in [0.15, 0.2) is 42.0 Å². The van der Waals surface area contributed by atoms with E-state index in [-0.39, 0.29) is 44.3 Å². The first-order chi connectivity index (χ1) is 39.8. The summed E-state index contributed by atoms with van der Waals surface area (Å²) in [5.41, 5.74) is -6.85. The maximum Gasteiger partial charge on any atom is 0.338 e. The predicted octanol–water partition coefficient (Wildman–Crippen LogP) is 4.72. The molecule has 5 saturated heterocycles. The maximum absolute atomic E-state index is 13.7. The van der Waals surface area contributed by atoms with Gasteiger partial charge in [0, 0.05) is 66.5 Å². The molecule has 10 rings (SSSR count). The van der Waals surface area contributed by atoms with E-state index in [1.54, 1.807) is 72.6 Å². The summed E-state index contributed by atoms with van der Waals surface area (Å²) >= 11 is 0. The average molecular weight is 1190 g/mol. The van der Waals surface area contributed by atoms with E-state index >= 15 is 0 Å². The van der Waals surface area contributed by atoms with Crippen LogP contribution < -0.4 is 0 Å². The summed E-state index contributed by atoms with van der Waals surface area (Å²) in [6.45, 7) is 14.3. The Morgan fingerprint density at radius 2 is 1.04 bits per heavy atom. The lowest BCUT2D eigenvalue weighted by Gasteiger charge is -2.67. The van der Waals surface area contributed by atoms with Crippen LogP contribution >= 0.6 is 0 Å². The number of Topliss-reactive ketones (excluding diaryl/α,β-unsaturated/α-hetero) is 1. The Bertz CT molecular complexity index is 2440. The van der Waals surface area contributed by atoms with Gasteiger partial charge in [-0.2, -0.15) is 0 Å². The minimum atomic E-state index is -2.06. The highest BCUT2D eigenvalue weighted by molar-refractivity contribution is 5.90. The highest BCUT2D eigenvalue weighted by atomic mass is 16.8. The van der Waals surface area contributed by atoms with Crippen molar-refractivity contribution in [1.29, 1.82) is 0 Å². The highest BCUT2D eigenvalue weighted by Crippen LogP contribution is 2.71. The molecule has 5 aliphatic heterocycles. The van der Waals surface area contributed by atoms with E-state index in [0.717, 1.165) is 5.57 Å². The summed E-state index contributed by atoms with van der Waals surface area (Å²) in [7, 11) is 6.42. The fourth-order valence-corrected chi connectivity index (χ4v) is 16.3. The first kappa shape index (κ1) is 64.3. The summed E-state index contributed by atoms with van der Waals surface area (Å²) in [4.78, 5) is 27.1. The van der Waals surface area contributed by atoms with Gasteiger partial charge in [-0.3, -0.25) is 4.79 Å². The van der Waals surface area contributed by atoms with Crippen LogP contribution in [0.1, 0.15) is 143 Å². The van der Waals surface area contributed by atoms with Gasteiger partial charge in [0.1, 0.15) is 53.4 Å². The molecule has 0 amide bonds. The quantitative estimate of drug-likeness (QED) is 0.104. The van der Waals surface area contributed by atoms with Crippen molar-refractivity contribution < 1.29 is 106 Å². The number of esters is 1.